The summed E-state index contributed by atoms with van der Waals surface area (Å²) >= 11 is 12.5. The number of carbonyl (C=O) groups is 2. The SMILES string of the molecule is O=C(O)CCN1C(=O)/C(=C/c2c(N3CCN(c4cccc(Cl)c4)CC3)nc3ccccn3c2=O)SC1=S. The molecule has 1 amide bonds. The lowest BCUT2D eigenvalue weighted by atomic mass is 10.2. The molecule has 0 bridgehead atoms. The van der Waals surface area contributed by atoms with Crippen LogP contribution in [-0.2, 0) is 9.59 Å². The molecule has 2 saturated heterocycles. The Hall–Kier alpha value is -3.41. The topological polar surface area (TPSA) is 98.5 Å². The number of aromatic nitrogens is 2. The molecule has 1 N–H and O–H groups in total. The van der Waals surface area contributed by atoms with Gasteiger partial charge in [-0.1, -0.05) is 47.7 Å². The van der Waals surface area contributed by atoms with Crippen molar-refractivity contribution in [1.82, 2.24) is 14.3 Å². The van der Waals surface area contributed by atoms with Gasteiger partial charge in [0.2, 0.25) is 0 Å². The highest BCUT2D eigenvalue weighted by atomic mass is 35.5. The Balaban J connectivity index is 1.49. The van der Waals surface area contributed by atoms with Gasteiger partial charge in [-0.25, -0.2) is 4.98 Å². The van der Waals surface area contributed by atoms with Crippen LogP contribution in [0.25, 0.3) is 11.7 Å². The predicted molar refractivity (Wildman–Crippen MR) is 149 cm³/mol. The number of pyridine rings is 1. The number of hydrogen-bond donors (Lipinski definition) is 1. The Morgan fingerprint density at radius 2 is 1.86 bits per heavy atom. The molecule has 37 heavy (non-hydrogen) atoms. The highest BCUT2D eigenvalue weighted by Crippen LogP contribution is 2.34. The van der Waals surface area contributed by atoms with Gasteiger partial charge in [0.05, 0.1) is 16.9 Å². The van der Waals surface area contributed by atoms with E-state index in [1.807, 2.05) is 35.2 Å². The number of piperazine rings is 1. The standard InChI is InChI=1S/C25H22ClN5O4S2/c26-16-4-3-5-17(14-16)28-10-12-29(13-11-28)22-18(23(34)30-8-2-1-6-20(30)27-22)15-19-24(35)31(25(36)37-19)9-7-21(32)33/h1-6,8,14-15H,7,9-13H2,(H,32,33)/b19-15-. The van der Waals surface area contributed by atoms with E-state index in [0.29, 0.717) is 48.2 Å². The maximum Gasteiger partial charge on any atom is 0.305 e. The summed E-state index contributed by atoms with van der Waals surface area (Å²) < 4.78 is 1.71. The summed E-state index contributed by atoms with van der Waals surface area (Å²) in [4.78, 5) is 48.2. The van der Waals surface area contributed by atoms with Crippen molar-refractivity contribution in [3.63, 3.8) is 0 Å². The molecule has 0 unspecified atom stereocenters. The fourth-order valence-corrected chi connectivity index (χ4v) is 5.81. The van der Waals surface area contributed by atoms with Crippen molar-refractivity contribution in [3.8, 4) is 0 Å². The molecule has 12 heteroatoms. The van der Waals surface area contributed by atoms with E-state index in [4.69, 9.17) is 33.9 Å². The van der Waals surface area contributed by atoms with Crippen molar-refractivity contribution < 1.29 is 14.7 Å². The third-order valence-corrected chi connectivity index (χ3v) is 7.81. The number of thioether (sulfide) groups is 1. The van der Waals surface area contributed by atoms with Gasteiger partial charge >= 0.3 is 5.97 Å². The number of hydrogen-bond acceptors (Lipinski definition) is 8. The quantitative estimate of drug-likeness (QED) is 0.362. The van der Waals surface area contributed by atoms with Gasteiger partial charge in [0.25, 0.3) is 11.5 Å². The number of carboxylic acid groups (broad SMARTS) is 1. The van der Waals surface area contributed by atoms with E-state index in [1.165, 1.54) is 15.4 Å². The van der Waals surface area contributed by atoms with E-state index in [0.717, 1.165) is 17.4 Å². The Labute approximate surface area is 226 Å². The number of rotatable bonds is 6. The summed E-state index contributed by atoms with van der Waals surface area (Å²) in [6.07, 6.45) is 2.95. The molecular formula is C25H22ClN5O4S2. The number of carbonyl (C=O) groups excluding carboxylic acids is 1. The second-order valence-corrected chi connectivity index (χ2v) is 10.6. The van der Waals surface area contributed by atoms with Crippen LogP contribution < -0.4 is 15.4 Å². The second kappa shape index (κ2) is 10.5. The second-order valence-electron chi connectivity index (χ2n) is 8.51. The van der Waals surface area contributed by atoms with Crippen LogP contribution in [0.4, 0.5) is 11.5 Å². The van der Waals surface area contributed by atoms with Gasteiger partial charge in [0.1, 0.15) is 15.8 Å². The Morgan fingerprint density at radius 1 is 1.11 bits per heavy atom. The highest BCUT2D eigenvalue weighted by Gasteiger charge is 2.33. The van der Waals surface area contributed by atoms with Crippen LogP contribution in [-0.4, -0.2) is 68.3 Å². The Morgan fingerprint density at radius 3 is 2.59 bits per heavy atom. The van der Waals surface area contributed by atoms with Gasteiger partial charge < -0.3 is 14.9 Å². The highest BCUT2D eigenvalue weighted by molar-refractivity contribution is 8.26. The number of halogens is 1. The fourth-order valence-electron chi connectivity index (χ4n) is 4.34. The number of thiocarbonyl (C=S) groups is 1. The molecule has 9 nitrogen and oxygen atoms in total. The Kier molecular flexibility index (Phi) is 7.18. The molecule has 3 aromatic rings. The number of benzene rings is 1. The molecule has 0 atom stereocenters. The monoisotopic (exact) mass is 555 g/mol. The molecule has 1 aromatic carbocycles. The summed E-state index contributed by atoms with van der Waals surface area (Å²) in [5.74, 6) is -0.933. The third-order valence-electron chi connectivity index (χ3n) is 6.20. The van der Waals surface area contributed by atoms with Crippen molar-refractivity contribution in [2.75, 3.05) is 42.5 Å². The summed E-state index contributed by atoms with van der Waals surface area (Å²) in [6.45, 7) is 2.61. The van der Waals surface area contributed by atoms with Crippen LogP contribution >= 0.6 is 35.6 Å². The number of carboxylic acids is 1. The van der Waals surface area contributed by atoms with E-state index in [-0.39, 0.29) is 27.8 Å². The number of anilines is 2. The normalized spacial score (nSPS) is 17.3. The van der Waals surface area contributed by atoms with E-state index in [2.05, 4.69) is 4.90 Å². The maximum atomic E-state index is 13.6. The number of aliphatic carboxylic acids is 1. The van der Waals surface area contributed by atoms with Crippen LogP contribution in [0, 0.1) is 0 Å². The first kappa shape index (κ1) is 25.2. The van der Waals surface area contributed by atoms with Crippen molar-refractivity contribution in [2.45, 2.75) is 6.42 Å². The first-order valence-electron chi connectivity index (χ1n) is 11.6. The minimum Gasteiger partial charge on any atom is -0.481 e. The van der Waals surface area contributed by atoms with Crippen molar-refractivity contribution in [2.24, 2.45) is 0 Å². The van der Waals surface area contributed by atoms with Gasteiger partial charge in [-0.15, -0.1) is 0 Å². The molecule has 2 aliphatic heterocycles. The zero-order chi connectivity index (χ0) is 26.1. The van der Waals surface area contributed by atoms with Crippen molar-refractivity contribution >= 4 is 75.0 Å². The summed E-state index contributed by atoms with van der Waals surface area (Å²) in [5.41, 5.74) is 1.53. The molecule has 4 heterocycles. The predicted octanol–water partition coefficient (Wildman–Crippen LogP) is 3.35. The molecular weight excluding hydrogens is 534 g/mol. The zero-order valence-electron chi connectivity index (χ0n) is 19.5. The van der Waals surface area contributed by atoms with Gasteiger partial charge in [-0.05, 0) is 36.4 Å². The van der Waals surface area contributed by atoms with E-state index >= 15 is 0 Å². The van der Waals surface area contributed by atoms with Crippen molar-refractivity contribution in [3.05, 3.63) is 74.5 Å². The first-order chi connectivity index (χ1) is 17.8. The Bertz CT molecular complexity index is 1500. The molecule has 2 fully saturated rings. The first-order valence-corrected chi connectivity index (χ1v) is 13.2. The molecule has 0 radical (unpaired) electrons. The molecule has 0 aliphatic carbocycles. The van der Waals surface area contributed by atoms with Crippen LogP contribution in [0.3, 0.4) is 0 Å². The average molecular weight is 556 g/mol. The lowest BCUT2D eigenvalue weighted by molar-refractivity contribution is -0.137. The molecule has 0 saturated carbocycles. The van der Waals surface area contributed by atoms with Gasteiger partial charge in [-0.3, -0.25) is 23.7 Å². The lowest BCUT2D eigenvalue weighted by Crippen LogP contribution is -2.47. The molecule has 5 rings (SSSR count). The van der Waals surface area contributed by atoms with Crippen LogP contribution in [0.5, 0.6) is 0 Å². The van der Waals surface area contributed by atoms with Crippen LogP contribution in [0.15, 0.2) is 58.4 Å². The lowest BCUT2D eigenvalue weighted by Gasteiger charge is -2.37. The number of amides is 1. The molecule has 2 aliphatic rings. The summed E-state index contributed by atoms with van der Waals surface area (Å²) in [7, 11) is 0. The molecule has 0 spiro atoms. The molecule has 190 valence electrons. The largest absolute Gasteiger partial charge is 0.481 e. The maximum absolute atomic E-state index is 13.6. The van der Waals surface area contributed by atoms with E-state index < -0.39 is 11.9 Å². The minimum absolute atomic E-state index is 0.0232. The minimum atomic E-state index is -1.02. The van der Waals surface area contributed by atoms with Gasteiger partial charge in [0, 0.05) is 49.6 Å². The van der Waals surface area contributed by atoms with Crippen molar-refractivity contribution in [1.29, 1.82) is 0 Å². The summed E-state index contributed by atoms with van der Waals surface area (Å²) in [5, 5.41) is 9.67. The summed E-state index contributed by atoms with van der Waals surface area (Å²) in [6, 6.07) is 13.0. The van der Waals surface area contributed by atoms with Gasteiger partial charge in [0.15, 0.2) is 0 Å². The average Bonchev–Trinajstić information content (AvgIpc) is 3.16. The smallest absolute Gasteiger partial charge is 0.305 e. The van der Waals surface area contributed by atoms with Gasteiger partial charge in [-0.2, -0.15) is 0 Å². The fraction of sp³-hybridized carbons (Fsp3) is 0.240. The van der Waals surface area contributed by atoms with Crippen LogP contribution in [0.2, 0.25) is 5.02 Å². The zero-order valence-corrected chi connectivity index (χ0v) is 21.9. The van der Waals surface area contributed by atoms with E-state index in [9.17, 15) is 14.4 Å². The third kappa shape index (κ3) is 5.20. The van der Waals surface area contributed by atoms with Crippen LogP contribution in [0.1, 0.15) is 12.0 Å². The van der Waals surface area contributed by atoms with E-state index in [1.54, 1.807) is 18.3 Å². The number of nitrogens with zero attached hydrogens (tertiary/aromatic N) is 5. The molecule has 2 aromatic heterocycles. The number of fused-ring (bicyclic) bond motifs is 1.